The summed E-state index contributed by atoms with van der Waals surface area (Å²) in [5.41, 5.74) is 6.55. The van der Waals surface area contributed by atoms with Crippen LogP contribution in [0.4, 0.5) is 4.39 Å². The molecule has 0 saturated carbocycles. The van der Waals surface area contributed by atoms with Crippen molar-refractivity contribution in [2.45, 2.75) is 19.4 Å². The smallest absolute Gasteiger partial charge is 0.277 e. The van der Waals surface area contributed by atoms with Crippen molar-refractivity contribution in [2.75, 3.05) is 6.61 Å². The molecule has 0 saturated heterocycles. The van der Waals surface area contributed by atoms with Crippen LogP contribution in [-0.2, 0) is 6.42 Å². The first-order chi connectivity index (χ1) is 11.0. The molecule has 1 amide bonds. The zero-order valence-electron chi connectivity index (χ0n) is 12.2. The van der Waals surface area contributed by atoms with Crippen LogP contribution in [0.2, 0.25) is 0 Å². The zero-order valence-corrected chi connectivity index (χ0v) is 13.0. The Kier molecular flexibility index (Phi) is 4.03. The summed E-state index contributed by atoms with van der Waals surface area (Å²) in [4.78, 5) is 16.5. The van der Waals surface area contributed by atoms with Crippen LogP contribution >= 0.6 is 11.3 Å². The second-order valence-corrected chi connectivity index (χ2v) is 6.11. The molecule has 2 aromatic rings. The van der Waals surface area contributed by atoms with Crippen LogP contribution in [0.5, 0.6) is 5.75 Å². The summed E-state index contributed by atoms with van der Waals surface area (Å²) in [6.07, 6.45) is -0.300. The molecule has 7 heteroatoms. The van der Waals surface area contributed by atoms with Gasteiger partial charge < -0.3 is 15.6 Å². The van der Waals surface area contributed by atoms with Crippen molar-refractivity contribution in [3.8, 4) is 28.8 Å². The maximum absolute atomic E-state index is 14.1. The van der Waals surface area contributed by atoms with Crippen molar-refractivity contribution in [3.05, 3.63) is 33.4 Å². The lowest BCUT2D eigenvalue weighted by Crippen LogP contribution is -2.10. The molecule has 1 aliphatic heterocycles. The summed E-state index contributed by atoms with van der Waals surface area (Å²) in [5.74, 6) is 4.32. The van der Waals surface area contributed by atoms with Gasteiger partial charge in [0.05, 0.1) is 17.9 Å². The van der Waals surface area contributed by atoms with Crippen LogP contribution < -0.4 is 10.5 Å². The summed E-state index contributed by atoms with van der Waals surface area (Å²) in [7, 11) is 0. The predicted octanol–water partition coefficient (Wildman–Crippen LogP) is 1.72. The maximum atomic E-state index is 14.1. The molecule has 0 aliphatic carbocycles. The average molecular weight is 332 g/mol. The van der Waals surface area contributed by atoms with E-state index in [1.165, 1.54) is 30.4 Å². The van der Waals surface area contributed by atoms with Crippen LogP contribution in [0.3, 0.4) is 0 Å². The van der Waals surface area contributed by atoms with Crippen LogP contribution in [0.1, 0.15) is 27.2 Å². The molecule has 0 fully saturated rings. The normalized spacial score (nSPS) is 13.7. The van der Waals surface area contributed by atoms with Gasteiger partial charge in [-0.2, -0.15) is 0 Å². The lowest BCUT2D eigenvalue weighted by molar-refractivity contribution is 0.1000. The van der Waals surface area contributed by atoms with Crippen LogP contribution in [0.25, 0.3) is 11.3 Å². The summed E-state index contributed by atoms with van der Waals surface area (Å²) in [6, 6.07) is 2.77. The van der Waals surface area contributed by atoms with Crippen molar-refractivity contribution >= 4 is 17.2 Å². The Labute approximate surface area is 135 Å². The van der Waals surface area contributed by atoms with Gasteiger partial charge in [0.1, 0.15) is 17.7 Å². The van der Waals surface area contributed by atoms with Crippen LogP contribution in [-0.4, -0.2) is 28.7 Å². The predicted molar refractivity (Wildman–Crippen MR) is 83.8 cm³/mol. The highest BCUT2D eigenvalue weighted by Gasteiger charge is 2.23. The first-order valence-electron chi connectivity index (χ1n) is 6.91. The monoisotopic (exact) mass is 332 g/mol. The molecule has 0 unspecified atom stereocenters. The quantitative estimate of drug-likeness (QED) is 0.779. The number of carbonyl (C=O) groups is 1. The van der Waals surface area contributed by atoms with Crippen molar-refractivity contribution in [1.29, 1.82) is 0 Å². The molecule has 23 heavy (non-hydrogen) atoms. The number of primary amides is 1. The maximum Gasteiger partial charge on any atom is 0.277 e. The van der Waals surface area contributed by atoms with Gasteiger partial charge in [-0.15, -0.1) is 11.3 Å². The molecule has 118 valence electrons. The Morgan fingerprint density at radius 3 is 3.04 bits per heavy atom. The molecule has 1 atom stereocenters. The number of hydrogen-bond donors (Lipinski definition) is 2. The van der Waals surface area contributed by atoms with E-state index < -0.39 is 17.8 Å². The highest BCUT2D eigenvalue weighted by atomic mass is 32.1. The highest BCUT2D eigenvalue weighted by molar-refractivity contribution is 7.14. The van der Waals surface area contributed by atoms with E-state index in [0.29, 0.717) is 30.0 Å². The number of aromatic nitrogens is 1. The Bertz CT molecular complexity index is 849. The first kappa shape index (κ1) is 15.5. The van der Waals surface area contributed by atoms with Gasteiger partial charge in [-0.05, 0) is 13.0 Å². The fraction of sp³-hybridized carbons (Fsp3) is 0.250. The fourth-order valence-corrected chi connectivity index (χ4v) is 3.14. The Morgan fingerprint density at radius 2 is 2.35 bits per heavy atom. The van der Waals surface area contributed by atoms with Crippen LogP contribution in [0, 0.1) is 17.7 Å². The van der Waals surface area contributed by atoms with E-state index in [4.69, 9.17) is 10.5 Å². The Morgan fingerprint density at radius 1 is 1.57 bits per heavy atom. The lowest BCUT2D eigenvalue weighted by atomic mass is 10.1. The van der Waals surface area contributed by atoms with Gasteiger partial charge in [0.2, 0.25) is 0 Å². The van der Waals surface area contributed by atoms with Gasteiger partial charge in [-0.1, -0.05) is 11.8 Å². The molecular weight excluding hydrogens is 319 g/mol. The molecule has 0 bridgehead atoms. The standard InChI is InChI=1S/C16H13FN2O3S/c1-8(20)2-3-9-6-10-12(7-11(9)17)22-5-4-13-14(10)19-16(23-13)15(18)21/h6-8,20H,4-5H2,1H3,(H2,18,21)/t8-/m1/s1. The molecular formula is C16H13FN2O3S. The third-order valence-corrected chi connectivity index (χ3v) is 4.36. The minimum absolute atomic E-state index is 0.134. The zero-order chi connectivity index (χ0) is 16.6. The van der Waals surface area contributed by atoms with Crippen molar-refractivity contribution < 1.29 is 19.0 Å². The molecule has 0 spiro atoms. The number of hydrogen-bond acceptors (Lipinski definition) is 5. The van der Waals surface area contributed by atoms with Gasteiger partial charge in [-0.25, -0.2) is 9.37 Å². The molecule has 0 radical (unpaired) electrons. The second-order valence-electron chi connectivity index (χ2n) is 5.03. The van der Waals surface area contributed by atoms with Crippen LogP contribution in [0.15, 0.2) is 12.1 Å². The number of thiazole rings is 1. The summed E-state index contributed by atoms with van der Waals surface area (Å²) >= 11 is 1.21. The number of rotatable bonds is 1. The fourth-order valence-electron chi connectivity index (χ4n) is 2.23. The first-order valence-corrected chi connectivity index (χ1v) is 7.73. The molecule has 5 nitrogen and oxygen atoms in total. The van der Waals surface area contributed by atoms with E-state index in [-0.39, 0.29) is 10.6 Å². The number of aliphatic hydroxyl groups excluding tert-OH is 1. The topological polar surface area (TPSA) is 85.4 Å². The number of nitrogens with zero attached hydrogens (tertiary/aromatic N) is 1. The van der Waals surface area contributed by atoms with E-state index in [9.17, 15) is 14.3 Å². The van der Waals surface area contributed by atoms with E-state index in [1.54, 1.807) is 0 Å². The molecule has 1 aromatic heterocycles. The number of ether oxygens (including phenoxy) is 1. The SMILES string of the molecule is C[C@@H](O)C#Cc1cc2c(cc1F)OCCc1sc(C(N)=O)nc1-2. The van der Waals surface area contributed by atoms with Crippen molar-refractivity contribution in [1.82, 2.24) is 4.98 Å². The van der Waals surface area contributed by atoms with Gasteiger partial charge in [0.25, 0.3) is 5.91 Å². The number of amides is 1. The minimum Gasteiger partial charge on any atom is -0.492 e. The lowest BCUT2D eigenvalue weighted by Gasteiger charge is -2.08. The van der Waals surface area contributed by atoms with E-state index >= 15 is 0 Å². The summed E-state index contributed by atoms with van der Waals surface area (Å²) in [6.45, 7) is 1.85. The molecule has 3 N–H and O–H groups in total. The number of fused-ring (bicyclic) bond motifs is 3. The number of nitrogens with two attached hydrogens (primary N) is 1. The second kappa shape index (κ2) is 5.99. The number of aliphatic hydroxyl groups is 1. The number of carbonyl (C=O) groups excluding carboxylic acids is 1. The third kappa shape index (κ3) is 3.04. The number of benzene rings is 1. The molecule has 1 aliphatic rings. The molecule has 2 heterocycles. The van der Waals surface area contributed by atoms with Gasteiger partial charge in [0, 0.05) is 22.9 Å². The minimum atomic E-state index is -0.860. The van der Waals surface area contributed by atoms with E-state index in [1.807, 2.05) is 0 Å². The van der Waals surface area contributed by atoms with E-state index in [2.05, 4.69) is 16.8 Å². The summed E-state index contributed by atoms with van der Waals surface area (Å²) < 4.78 is 19.7. The number of halogens is 1. The summed E-state index contributed by atoms with van der Waals surface area (Å²) in [5, 5.41) is 9.44. The Balaban J connectivity index is 2.17. The highest BCUT2D eigenvalue weighted by Crippen LogP contribution is 2.38. The third-order valence-electron chi connectivity index (χ3n) is 3.23. The molecule has 1 aromatic carbocycles. The van der Waals surface area contributed by atoms with Gasteiger partial charge in [-0.3, -0.25) is 4.79 Å². The van der Waals surface area contributed by atoms with Gasteiger partial charge in [0.15, 0.2) is 5.01 Å². The average Bonchev–Trinajstić information content (AvgIpc) is 2.84. The van der Waals surface area contributed by atoms with Gasteiger partial charge >= 0.3 is 0 Å². The molecule has 3 rings (SSSR count). The Hall–Kier alpha value is -2.43. The largest absolute Gasteiger partial charge is 0.492 e. The van der Waals surface area contributed by atoms with Crippen molar-refractivity contribution in [2.24, 2.45) is 5.73 Å². The van der Waals surface area contributed by atoms with Crippen molar-refractivity contribution in [3.63, 3.8) is 0 Å². The van der Waals surface area contributed by atoms with E-state index in [0.717, 1.165) is 4.88 Å².